The van der Waals surface area contributed by atoms with Crippen LogP contribution in [0.3, 0.4) is 0 Å². The van der Waals surface area contributed by atoms with Crippen LogP contribution in [0.15, 0.2) is 35.7 Å². The van der Waals surface area contributed by atoms with Gasteiger partial charge in [0, 0.05) is 58.7 Å². The van der Waals surface area contributed by atoms with Gasteiger partial charge in [-0.05, 0) is 13.0 Å². The lowest BCUT2D eigenvalue weighted by Crippen LogP contribution is -2.55. The van der Waals surface area contributed by atoms with Gasteiger partial charge >= 0.3 is 0 Å². The summed E-state index contributed by atoms with van der Waals surface area (Å²) in [6.07, 6.45) is 5.36. The highest BCUT2D eigenvalue weighted by atomic mass is 127. The summed E-state index contributed by atoms with van der Waals surface area (Å²) in [5.41, 5.74) is 1.88. The van der Waals surface area contributed by atoms with Crippen molar-refractivity contribution in [2.75, 3.05) is 50.1 Å². The maximum atomic E-state index is 12.7. The second kappa shape index (κ2) is 10.4. The van der Waals surface area contributed by atoms with Crippen LogP contribution in [0.2, 0.25) is 0 Å². The topological polar surface area (TPSA) is 81.9 Å². The highest BCUT2D eigenvalue weighted by Gasteiger charge is 2.27. The van der Waals surface area contributed by atoms with Gasteiger partial charge in [-0.3, -0.25) is 9.48 Å². The third kappa shape index (κ3) is 5.58. The summed E-state index contributed by atoms with van der Waals surface area (Å²) < 4.78 is 1.71. The molecule has 1 aliphatic rings. The molecule has 0 aromatic carbocycles. The van der Waals surface area contributed by atoms with Crippen LogP contribution in [0.25, 0.3) is 0 Å². The first-order chi connectivity index (χ1) is 13.5. The van der Waals surface area contributed by atoms with E-state index >= 15 is 0 Å². The molecule has 3 rings (SSSR count). The second-order valence-electron chi connectivity index (χ2n) is 6.89. The number of piperazine rings is 1. The van der Waals surface area contributed by atoms with E-state index in [0.717, 1.165) is 29.6 Å². The van der Waals surface area contributed by atoms with Crippen LogP contribution in [0.5, 0.6) is 0 Å². The van der Waals surface area contributed by atoms with Crippen molar-refractivity contribution in [3.63, 3.8) is 0 Å². The minimum absolute atomic E-state index is 0. The summed E-state index contributed by atoms with van der Waals surface area (Å²) in [5.74, 6) is 1.69. The Morgan fingerprint density at radius 1 is 1.34 bits per heavy atom. The molecule has 0 radical (unpaired) electrons. The smallest absolute Gasteiger partial charge is 0.246 e. The van der Waals surface area contributed by atoms with E-state index in [1.165, 1.54) is 0 Å². The van der Waals surface area contributed by atoms with Crippen LogP contribution in [0.4, 0.5) is 11.5 Å². The second-order valence-corrected chi connectivity index (χ2v) is 6.89. The molecule has 158 valence electrons. The minimum atomic E-state index is 0. The van der Waals surface area contributed by atoms with Crippen molar-refractivity contribution in [3.05, 3.63) is 36.3 Å². The average Bonchev–Trinajstić information content (AvgIpc) is 3.11. The van der Waals surface area contributed by atoms with Crippen molar-refractivity contribution >= 4 is 47.3 Å². The number of anilines is 2. The molecule has 3 heterocycles. The molecule has 2 aromatic rings. The predicted octanol–water partition coefficient (Wildman–Crippen LogP) is 1.31. The molecule has 2 aromatic heterocycles. The molecule has 0 aliphatic carbocycles. The number of halogens is 1. The van der Waals surface area contributed by atoms with Gasteiger partial charge in [0.05, 0.1) is 18.4 Å². The van der Waals surface area contributed by atoms with Crippen molar-refractivity contribution in [3.8, 4) is 0 Å². The monoisotopic (exact) mass is 512 g/mol. The first kappa shape index (κ1) is 22.9. The lowest BCUT2D eigenvalue weighted by Gasteiger charge is -2.35. The molecule has 9 nitrogen and oxygen atoms in total. The van der Waals surface area contributed by atoms with Gasteiger partial charge in [0.15, 0.2) is 5.96 Å². The van der Waals surface area contributed by atoms with E-state index in [-0.39, 0.29) is 36.4 Å². The molecule has 0 spiro atoms. The summed E-state index contributed by atoms with van der Waals surface area (Å²) in [6.45, 7) is 4.86. The Bertz CT molecular complexity index is 850. The molecule has 0 unspecified atom stereocenters. The van der Waals surface area contributed by atoms with E-state index in [2.05, 4.69) is 15.4 Å². The standard InChI is InChI=1S/C19H28N8O.HI/c1-5-20-19(22-11-15-7-6-8-21-18(15)24(2)3)26-9-10-27(17(28)14-26)16-12-23-25(4)13-16;/h6-8,12-13H,5,9-11,14H2,1-4H3,(H,20,22);1H. The zero-order chi connectivity index (χ0) is 20.1. The fourth-order valence-corrected chi connectivity index (χ4v) is 3.22. The van der Waals surface area contributed by atoms with E-state index in [4.69, 9.17) is 4.99 Å². The van der Waals surface area contributed by atoms with Crippen molar-refractivity contribution in [2.24, 2.45) is 12.0 Å². The largest absolute Gasteiger partial charge is 0.362 e. The molecule has 0 atom stereocenters. The van der Waals surface area contributed by atoms with Crippen molar-refractivity contribution in [1.82, 2.24) is 25.0 Å². The number of guanidine groups is 1. The number of pyridine rings is 1. The molecule has 1 saturated heterocycles. The van der Waals surface area contributed by atoms with Gasteiger partial charge in [0.1, 0.15) is 12.4 Å². The maximum Gasteiger partial charge on any atom is 0.246 e. The lowest BCUT2D eigenvalue weighted by molar-refractivity contribution is -0.120. The Morgan fingerprint density at radius 2 is 2.14 bits per heavy atom. The van der Waals surface area contributed by atoms with Gasteiger partial charge in [-0.25, -0.2) is 9.98 Å². The SMILES string of the molecule is CCNC(=NCc1cccnc1N(C)C)N1CCN(c2cnn(C)c2)C(=O)C1.I. The number of aryl methyl sites for hydroxylation is 1. The Balaban J connectivity index is 0.00000300. The summed E-state index contributed by atoms with van der Waals surface area (Å²) in [4.78, 5) is 27.6. The molecular formula is C19H29IN8O. The van der Waals surface area contributed by atoms with E-state index in [0.29, 0.717) is 19.6 Å². The van der Waals surface area contributed by atoms with E-state index in [9.17, 15) is 4.79 Å². The Hall–Kier alpha value is -2.37. The number of amides is 1. The summed E-state index contributed by atoms with van der Waals surface area (Å²) >= 11 is 0. The summed E-state index contributed by atoms with van der Waals surface area (Å²) in [7, 11) is 5.79. The van der Waals surface area contributed by atoms with Gasteiger partial charge in [-0.1, -0.05) is 6.07 Å². The number of hydrogen-bond acceptors (Lipinski definition) is 5. The molecular weight excluding hydrogens is 483 g/mol. The zero-order valence-corrected chi connectivity index (χ0v) is 19.7. The Morgan fingerprint density at radius 3 is 2.76 bits per heavy atom. The zero-order valence-electron chi connectivity index (χ0n) is 17.4. The molecule has 1 aliphatic heterocycles. The number of aliphatic imine (C=N–C) groups is 1. The molecule has 29 heavy (non-hydrogen) atoms. The molecule has 0 saturated carbocycles. The maximum absolute atomic E-state index is 12.7. The van der Waals surface area contributed by atoms with Gasteiger partial charge in [0.2, 0.25) is 5.91 Å². The number of nitrogens with one attached hydrogen (secondary N) is 1. The highest BCUT2D eigenvalue weighted by molar-refractivity contribution is 14.0. The predicted molar refractivity (Wildman–Crippen MR) is 126 cm³/mol. The molecule has 0 bridgehead atoms. The van der Waals surface area contributed by atoms with Gasteiger partial charge in [-0.2, -0.15) is 5.10 Å². The number of rotatable bonds is 5. The molecule has 1 N–H and O–H groups in total. The average molecular weight is 512 g/mol. The van der Waals surface area contributed by atoms with Crippen molar-refractivity contribution in [1.29, 1.82) is 0 Å². The first-order valence-electron chi connectivity index (χ1n) is 9.43. The van der Waals surface area contributed by atoms with Crippen LogP contribution < -0.4 is 15.1 Å². The van der Waals surface area contributed by atoms with E-state index < -0.39 is 0 Å². The van der Waals surface area contributed by atoms with Crippen LogP contribution in [-0.4, -0.2) is 71.8 Å². The first-order valence-corrected chi connectivity index (χ1v) is 9.43. The van der Waals surface area contributed by atoms with E-state index in [1.807, 2.05) is 56.2 Å². The van der Waals surface area contributed by atoms with Gasteiger partial charge in [0.25, 0.3) is 0 Å². The summed E-state index contributed by atoms with van der Waals surface area (Å²) in [6, 6.07) is 3.95. The minimum Gasteiger partial charge on any atom is -0.362 e. The van der Waals surface area contributed by atoms with Gasteiger partial charge < -0.3 is 20.0 Å². The number of nitrogens with zero attached hydrogens (tertiary/aromatic N) is 7. The normalized spacial score (nSPS) is 14.6. The van der Waals surface area contributed by atoms with Crippen LogP contribution in [0, 0.1) is 0 Å². The summed E-state index contributed by atoms with van der Waals surface area (Å²) in [5, 5.41) is 7.46. The fourth-order valence-electron chi connectivity index (χ4n) is 3.22. The van der Waals surface area contributed by atoms with E-state index in [1.54, 1.807) is 22.0 Å². The highest BCUT2D eigenvalue weighted by Crippen LogP contribution is 2.18. The quantitative estimate of drug-likeness (QED) is 0.370. The van der Waals surface area contributed by atoms with Crippen molar-refractivity contribution < 1.29 is 4.79 Å². The number of aromatic nitrogens is 3. The number of carbonyl (C=O) groups excluding carboxylic acids is 1. The fraction of sp³-hybridized carbons (Fsp3) is 0.474. The molecule has 1 fully saturated rings. The third-order valence-electron chi connectivity index (χ3n) is 4.55. The molecule has 10 heteroatoms. The van der Waals surface area contributed by atoms with Gasteiger partial charge in [-0.15, -0.1) is 24.0 Å². The Kier molecular flexibility index (Phi) is 8.23. The van der Waals surface area contributed by atoms with Crippen LogP contribution in [0.1, 0.15) is 12.5 Å². The number of carbonyl (C=O) groups is 1. The van der Waals surface area contributed by atoms with Crippen LogP contribution >= 0.6 is 24.0 Å². The Labute approximate surface area is 188 Å². The van der Waals surface area contributed by atoms with Crippen LogP contribution in [-0.2, 0) is 18.4 Å². The number of hydrogen-bond donors (Lipinski definition) is 1. The van der Waals surface area contributed by atoms with Crippen molar-refractivity contribution in [2.45, 2.75) is 13.5 Å². The third-order valence-corrected chi connectivity index (χ3v) is 4.55. The lowest BCUT2D eigenvalue weighted by atomic mass is 10.2. The molecule has 1 amide bonds.